The Morgan fingerprint density at radius 1 is 1.00 bits per heavy atom. The fraction of sp³-hybridized carbons (Fsp3) is 0.0625. The number of hydrogen-bond donors (Lipinski definition) is 2. The van der Waals surface area contributed by atoms with E-state index in [4.69, 9.17) is 29.0 Å². The predicted octanol–water partition coefficient (Wildman–Crippen LogP) is 4.09. The third-order valence-corrected chi connectivity index (χ3v) is 4.17. The van der Waals surface area contributed by atoms with Gasteiger partial charge in [0.2, 0.25) is 0 Å². The molecule has 1 atom stereocenters. The van der Waals surface area contributed by atoms with Crippen molar-refractivity contribution in [2.24, 2.45) is 5.84 Å². The minimum atomic E-state index is -0.187. The number of aromatic nitrogens is 1. The van der Waals surface area contributed by atoms with Crippen LogP contribution < -0.4 is 11.3 Å². The maximum Gasteiger partial charge on any atom is 0.0717 e. The molecule has 1 aromatic heterocycles. The van der Waals surface area contributed by atoms with Crippen LogP contribution >= 0.6 is 23.2 Å². The monoisotopic (exact) mass is 317 g/mol. The fourth-order valence-electron chi connectivity index (χ4n) is 2.44. The standard InChI is InChI=1S/C16H13Cl2N3/c17-13-7-6-10(9-14(13)18)16(21-19)12-3-1-5-15-11(12)4-2-8-20-15/h1-9,16,21H,19H2. The van der Waals surface area contributed by atoms with Crippen molar-refractivity contribution in [3.05, 3.63) is 75.9 Å². The molecule has 3 N–H and O–H groups in total. The molecule has 0 saturated carbocycles. The zero-order chi connectivity index (χ0) is 14.8. The average Bonchev–Trinajstić information content (AvgIpc) is 2.52. The molecule has 2 aromatic carbocycles. The lowest BCUT2D eigenvalue weighted by molar-refractivity contribution is 0.641. The maximum atomic E-state index is 6.11. The topological polar surface area (TPSA) is 50.9 Å². The fourth-order valence-corrected chi connectivity index (χ4v) is 2.74. The highest BCUT2D eigenvalue weighted by Gasteiger charge is 2.16. The van der Waals surface area contributed by atoms with Gasteiger partial charge in [-0.3, -0.25) is 10.8 Å². The minimum Gasteiger partial charge on any atom is -0.271 e. The molecule has 0 amide bonds. The molecule has 3 aromatic rings. The van der Waals surface area contributed by atoms with Crippen molar-refractivity contribution < 1.29 is 0 Å². The van der Waals surface area contributed by atoms with Crippen molar-refractivity contribution in [1.82, 2.24) is 10.4 Å². The Balaban J connectivity index is 2.16. The Hall–Kier alpha value is -1.65. The zero-order valence-electron chi connectivity index (χ0n) is 11.1. The number of halogens is 2. The quantitative estimate of drug-likeness (QED) is 0.565. The smallest absolute Gasteiger partial charge is 0.0717 e. The van der Waals surface area contributed by atoms with E-state index in [1.54, 1.807) is 12.3 Å². The summed E-state index contributed by atoms with van der Waals surface area (Å²) in [4.78, 5) is 4.37. The Labute approximate surface area is 132 Å². The molecule has 0 aliphatic heterocycles. The molecule has 106 valence electrons. The van der Waals surface area contributed by atoms with Gasteiger partial charge in [-0.05, 0) is 35.4 Å². The van der Waals surface area contributed by atoms with Crippen LogP contribution in [0.15, 0.2) is 54.7 Å². The summed E-state index contributed by atoms with van der Waals surface area (Å²) in [5.41, 5.74) is 5.76. The molecule has 5 heteroatoms. The summed E-state index contributed by atoms with van der Waals surface area (Å²) in [7, 11) is 0. The van der Waals surface area contributed by atoms with Crippen LogP contribution in [0.5, 0.6) is 0 Å². The summed E-state index contributed by atoms with van der Waals surface area (Å²) >= 11 is 12.1. The number of hydrazine groups is 1. The molecule has 0 radical (unpaired) electrons. The van der Waals surface area contributed by atoms with Gasteiger partial charge in [-0.2, -0.15) is 0 Å². The third-order valence-electron chi connectivity index (χ3n) is 3.43. The van der Waals surface area contributed by atoms with Gasteiger partial charge < -0.3 is 0 Å². The third kappa shape index (κ3) is 2.74. The molecule has 0 fully saturated rings. The molecule has 1 heterocycles. The molecule has 0 aliphatic rings. The van der Waals surface area contributed by atoms with Crippen LogP contribution in [0.1, 0.15) is 17.2 Å². The molecule has 0 bridgehead atoms. The number of nitrogens with one attached hydrogen (secondary N) is 1. The van der Waals surface area contributed by atoms with Gasteiger partial charge in [0.25, 0.3) is 0 Å². The highest BCUT2D eigenvalue weighted by Crippen LogP contribution is 2.31. The van der Waals surface area contributed by atoms with Crippen LogP contribution in [0.25, 0.3) is 10.9 Å². The Morgan fingerprint density at radius 2 is 1.86 bits per heavy atom. The maximum absolute atomic E-state index is 6.11. The van der Waals surface area contributed by atoms with Gasteiger partial charge in [0.15, 0.2) is 0 Å². The SMILES string of the molecule is NNC(c1ccc(Cl)c(Cl)c1)c1cccc2ncccc12. The molecule has 0 spiro atoms. The second kappa shape index (κ2) is 6.00. The number of nitrogens with zero attached hydrogens (tertiary/aromatic N) is 1. The summed E-state index contributed by atoms with van der Waals surface area (Å²) in [6.07, 6.45) is 1.77. The highest BCUT2D eigenvalue weighted by molar-refractivity contribution is 6.42. The Morgan fingerprint density at radius 3 is 2.62 bits per heavy atom. The van der Waals surface area contributed by atoms with E-state index in [0.717, 1.165) is 22.0 Å². The predicted molar refractivity (Wildman–Crippen MR) is 87.4 cm³/mol. The Bertz CT molecular complexity index is 784. The van der Waals surface area contributed by atoms with Crippen molar-refractivity contribution in [1.29, 1.82) is 0 Å². The zero-order valence-corrected chi connectivity index (χ0v) is 12.6. The summed E-state index contributed by atoms with van der Waals surface area (Å²) in [6.45, 7) is 0. The van der Waals surface area contributed by atoms with Crippen LogP contribution in [0.3, 0.4) is 0 Å². The van der Waals surface area contributed by atoms with Crippen LogP contribution in [0.4, 0.5) is 0 Å². The molecule has 3 nitrogen and oxygen atoms in total. The summed E-state index contributed by atoms with van der Waals surface area (Å²) in [5.74, 6) is 5.77. The van der Waals surface area contributed by atoms with Crippen LogP contribution in [0, 0.1) is 0 Å². The number of rotatable bonds is 3. The molecular weight excluding hydrogens is 305 g/mol. The molecule has 3 rings (SSSR count). The van der Waals surface area contributed by atoms with Gasteiger partial charge in [0.1, 0.15) is 0 Å². The van der Waals surface area contributed by atoms with Gasteiger partial charge in [-0.1, -0.05) is 47.5 Å². The first-order chi connectivity index (χ1) is 10.2. The van der Waals surface area contributed by atoms with E-state index in [0.29, 0.717) is 10.0 Å². The normalized spacial score (nSPS) is 12.5. The molecule has 1 unspecified atom stereocenters. The number of hydrogen-bond acceptors (Lipinski definition) is 3. The van der Waals surface area contributed by atoms with Gasteiger partial charge in [0, 0.05) is 11.6 Å². The number of fused-ring (bicyclic) bond motifs is 1. The van der Waals surface area contributed by atoms with Crippen molar-refractivity contribution in [3.63, 3.8) is 0 Å². The second-order valence-electron chi connectivity index (χ2n) is 4.69. The van der Waals surface area contributed by atoms with Crippen molar-refractivity contribution in [2.75, 3.05) is 0 Å². The highest BCUT2D eigenvalue weighted by atomic mass is 35.5. The van der Waals surface area contributed by atoms with E-state index >= 15 is 0 Å². The summed E-state index contributed by atoms with van der Waals surface area (Å²) in [6, 6.07) is 15.2. The van der Waals surface area contributed by atoms with E-state index in [1.807, 2.05) is 42.5 Å². The first-order valence-corrected chi connectivity index (χ1v) is 7.21. The van der Waals surface area contributed by atoms with Crippen LogP contribution in [-0.4, -0.2) is 4.98 Å². The number of nitrogens with two attached hydrogens (primary N) is 1. The lowest BCUT2D eigenvalue weighted by Crippen LogP contribution is -2.29. The second-order valence-corrected chi connectivity index (χ2v) is 5.50. The van der Waals surface area contributed by atoms with Crippen molar-refractivity contribution >= 4 is 34.1 Å². The van der Waals surface area contributed by atoms with Crippen LogP contribution in [0.2, 0.25) is 10.0 Å². The first kappa shape index (κ1) is 14.3. The lowest BCUT2D eigenvalue weighted by atomic mass is 9.96. The lowest BCUT2D eigenvalue weighted by Gasteiger charge is -2.19. The average molecular weight is 318 g/mol. The van der Waals surface area contributed by atoms with E-state index < -0.39 is 0 Å². The molecule has 0 aliphatic carbocycles. The summed E-state index contributed by atoms with van der Waals surface area (Å²) < 4.78 is 0. The van der Waals surface area contributed by atoms with Crippen molar-refractivity contribution in [2.45, 2.75) is 6.04 Å². The molecular formula is C16H13Cl2N3. The molecule has 21 heavy (non-hydrogen) atoms. The van der Waals surface area contributed by atoms with E-state index in [1.165, 1.54) is 0 Å². The van der Waals surface area contributed by atoms with E-state index in [9.17, 15) is 0 Å². The van der Waals surface area contributed by atoms with E-state index in [-0.39, 0.29) is 6.04 Å². The van der Waals surface area contributed by atoms with Crippen molar-refractivity contribution in [3.8, 4) is 0 Å². The van der Waals surface area contributed by atoms with E-state index in [2.05, 4.69) is 10.4 Å². The largest absolute Gasteiger partial charge is 0.271 e. The first-order valence-electron chi connectivity index (χ1n) is 6.45. The number of pyridine rings is 1. The van der Waals surface area contributed by atoms with Crippen LogP contribution in [-0.2, 0) is 0 Å². The minimum absolute atomic E-state index is 0.187. The Kier molecular flexibility index (Phi) is 4.08. The van der Waals surface area contributed by atoms with Gasteiger partial charge >= 0.3 is 0 Å². The summed E-state index contributed by atoms with van der Waals surface area (Å²) in [5, 5.41) is 2.08. The van der Waals surface area contributed by atoms with Gasteiger partial charge in [0.05, 0.1) is 21.6 Å². The molecule has 0 saturated heterocycles. The van der Waals surface area contributed by atoms with Gasteiger partial charge in [-0.25, -0.2) is 5.43 Å². The van der Waals surface area contributed by atoms with Gasteiger partial charge in [-0.15, -0.1) is 0 Å². The number of benzene rings is 2.